The molecule has 0 aromatic carbocycles. The van der Waals surface area contributed by atoms with Crippen molar-refractivity contribution >= 4 is 11.9 Å². The third kappa shape index (κ3) is 9.02. The van der Waals surface area contributed by atoms with E-state index in [4.69, 9.17) is 9.47 Å². The predicted molar refractivity (Wildman–Crippen MR) is 70.2 cm³/mol. The fraction of sp³-hybridized carbons (Fsp3) is 0.857. The van der Waals surface area contributed by atoms with Gasteiger partial charge in [0.2, 0.25) is 0 Å². The van der Waals surface area contributed by atoms with Gasteiger partial charge in [-0.3, -0.25) is 9.59 Å². The highest BCUT2D eigenvalue weighted by molar-refractivity contribution is 5.70. The van der Waals surface area contributed by atoms with Crippen molar-refractivity contribution in [2.45, 2.75) is 71.8 Å². The number of ether oxygens (including phenoxy) is 2. The molecule has 0 N–H and O–H groups in total. The summed E-state index contributed by atoms with van der Waals surface area (Å²) in [6.07, 6.45) is 4.99. The van der Waals surface area contributed by atoms with Gasteiger partial charge in [-0.2, -0.15) is 0 Å². The number of hydrogen-bond acceptors (Lipinski definition) is 4. The average molecular weight is 258 g/mol. The molecule has 4 nitrogen and oxygen atoms in total. The molecule has 0 radical (unpaired) electrons. The summed E-state index contributed by atoms with van der Waals surface area (Å²) in [6.45, 7) is 6.30. The van der Waals surface area contributed by atoms with E-state index < -0.39 is 0 Å². The Labute approximate surface area is 110 Å². The molecule has 18 heavy (non-hydrogen) atoms. The quantitative estimate of drug-likeness (QED) is 0.446. The van der Waals surface area contributed by atoms with Crippen LogP contribution < -0.4 is 0 Å². The van der Waals surface area contributed by atoms with Gasteiger partial charge in [0.1, 0.15) is 6.10 Å². The van der Waals surface area contributed by atoms with Crippen LogP contribution in [0.2, 0.25) is 0 Å². The van der Waals surface area contributed by atoms with Crippen LogP contribution >= 0.6 is 0 Å². The van der Waals surface area contributed by atoms with E-state index in [-0.39, 0.29) is 18.0 Å². The standard InChI is InChI=1S/C14H26O4/c1-4-9-12(5-2)18-14(16)11-8-7-10-13(15)17-6-3/h12H,4-11H2,1-3H3. The van der Waals surface area contributed by atoms with Gasteiger partial charge in [-0.15, -0.1) is 0 Å². The topological polar surface area (TPSA) is 52.6 Å². The van der Waals surface area contributed by atoms with Crippen LogP contribution in [0.3, 0.4) is 0 Å². The van der Waals surface area contributed by atoms with Crippen LogP contribution in [-0.2, 0) is 19.1 Å². The lowest BCUT2D eigenvalue weighted by atomic mass is 10.1. The molecular formula is C14H26O4. The molecular weight excluding hydrogens is 232 g/mol. The first-order valence-corrected chi connectivity index (χ1v) is 6.99. The molecule has 1 atom stereocenters. The highest BCUT2D eigenvalue weighted by Gasteiger charge is 2.11. The summed E-state index contributed by atoms with van der Waals surface area (Å²) in [5.74, 6) is -0.345. The van der Waals surface area contributed by atoms with Gasteiger partial charge in [0.05, 0.1) is 6.61 Å². The van der Waals surface area contributed by atoms with Gasteiger partial charge in [-0.1, -0.05) is 20.3 Å². The Kier molecular flexibility index (Phi) is 10.4. The van der Waals surface area contributed by atoms with Crippen LogP contribution in [0.1, 0.15) is 65.7 Å². The Bertz CT molecular complexity index is 238. The van der Waals surface area contributed by atoms with E-state index in [2.05, 4.69) is 6.92 Å². The number of rotatable bonds is 10. The van der Waals surface area contributed by atoms with Crippen molar-refractivity contribution in [1.29, 1.82) is 0 Å². The second-order valence-electron chi connectivity index (χ2n) is 4.32. The van der Waals surface area contributed by atoms with E-state index in [9.17, 15) is 9.59 Å². The minimum atomic E-state index is -0.191. The maximum absolute atomic E-state index is 11.5. The van der Waals surface area contributed by atoms with Gasteiger partial charge in [-0.05, 0) is 32.6 Å². The SMILES string of the molecule is CCCC(CC)OC(=O)CCCCC(=O)OCC. The Hall–Kier alpha value is -1.06. The fourth-order valence-electron chi connectivity index (χ4n) is 1.69. The molecule has 106 valence electrons. The molecule has 0 aromatic rings. The Morgan fingerprint density at radius 2 is 1.61 bits per heavy atom. The van der Waals surface area contributed by atoms with E-state index in [1.807, 2.05) is 6.92 Å². The second-order valence-corrected chi connectivity index (χ2v) is 4.32. The molecule has 0 fully saturated rings. The van der Waals surface area contributed by atoms with Crippen LogP contribution in [0.25, 0.3) is 0 Å². The maximum Gasteiger partial charge on any atom is 0.306 e. The molecule has 0 saturated carbocycles. The smallest absolute Gasteiger partial charge is 0.306 e. The van der Waals surface area contributed by atoms with Crippen molar-refractivity contribution < 1.29 is 19.1 Å². The molecule has 0 saturated heterocycles. The lowest BCUT2D eigenvalue weighted by molar-refractivity contribution is -0.150. The van der Waals surface area contributed by atoms with Crippen molar-refractivity contribution in [2.24, 2.45) is 0 Å². The zero-order valence-electron chi connectivity index (χ0n) is 11.9. The van der Waals surface area contributed by atoms with Gasteiger partial charge < -0.3 is 9.47 Å². The summed E-state index contributed by atoms with van der Waals surface area (Å²) in [5, 5.41) is 0. The van der Waals surface area contributed by atoms with Crippen molar-refractivity contribution in [1.82, 2.24) is 0 Å². The summed E-state index contributed by atoms with van der Waals surface area (Å²) in [6, 6.07) is 0. The second kappa shape index (κ2) is 11.1. The monoisotopic (exact) mass is 258 g/mol. The predicted octanol–water partition coefficient (Wildman–Crippen LogP) is 3.23. The highest BCUT2D eigenvalue weighted by Crippen LogP contribution is 2.09. The summed E-state index contributed by atoms with van der Waals surface area (Å²) in [5.41, 5.74) is 0. The lowest BCUT2D eigenvalue weighted by Crippen LogP contribution is -2.17. The minimum absolute atomic E-state index is 0.0487. The van der Waals surface area contributed by atoms with Crippen LogP contribution in [0.4, 0.5) is 0 Å². The largest absolute Gasteiger partial charge is 0.466 e. The zero-order chi connectivity index (χ0) is 13.8. The highest BCUT2D eigenvalue weighted by atomic mass is 16.5. The van der Waals surface area contributed by atoms with E-state index in [0.29, 0.717) is 32.3 Å². The molecule has 0 heterocycles. The van der Waals surface area contributed by atoms with Crippen molar-refractivity contribution in [3.05, 3.63) is 0 Å². The first kappa shape index (κ1) is 16.9. The molecule has 0 rings (SSSR count). The minimum Gasteiger partial charge on any atom is -0.466 e. The zero-order valence-corrected chi connectivity index (χ0v) is 11.9. The normalized spacial score (nSPS) is 11.9. The molecule has 0 aliphatic carbocycles. The Morgan fingerprint density at radius 1 is 1.00 bits per heavy atom. The molecule has 0 bridgehead atoms. The summed E-state index contributed by atoms with van der Waals surface area (Å²) < 4.78 is 10.1. The van der Waals surface area contributed by atoms with E-state index in [1.54, 1.807) is 6.92 Å². The third-order valence-electron chi connectivity index (χ3n) is 2.68. The number of esters is 2. The van der Waals surface area contributed by atoms with Crippen molar-refractivity contribution in [3.8, 4) is 0 Å². The van der Waals surface area contributed by atoms with Gasteiger partial charge in [-0.25, -0.2) is 0 Å². The Balaban J connectivity index is 3.61. The van der Waals surface area contributed by atoms with Crippen LogP contribution in [0, 0.1) is 0 Å². The number of unbranched alkanes of at least 4 members (excludes halogenated alkanes) is 1. The number of carbonyl (C=O) groups excluding carboxylic acids is 2. The van der Waals surface area contributed by atoms with E-state index in [1.165, 1.54) is 0 Å². The van der Waals surface area contributed by atoms with Gasteiger partial charge in [0, 0.05) is 12.8 Å². The fourth-order valence-corrected chi connectivity index (χ4v) is 1.69. The van der Waals surface area contributed by atoms with E-state index >= 15 is 0 Å². The van der Waals surface area contributed by atoms with Crippen LogP contribution in [0.5, 0.6) is 0 Å². The van der Waals surface area contributed by atoms with Crippen molar-refractivity contribution in [3.63, 3.8) is 0 Å². The summed E-state index contributed by atoms with van der Waals surface area (Å²) >= 11 is 0. The molecule has 0 spiro atoms. The van der Waals surface area contributed by atoms with Gasteiger partial charge in [0.15, 0.2) is 0 Å². The number of carbonyl (C=O) groups is 2. The summed E-state index contributed by atoms with van der Waals surface area (Å²) in [4.78, 5) is 22.6. The maximum atomic E-state index is 11.5. The first-order valence-electron chi connectivity index (χ1n) is 6.99. The molecule has 0 aromatic heterocycles. The average Bonchev–Trinajstić information content (AvgIpc) is 2.34. The lowest BCUT2D eigenvalue weighted by Gasteiger charge is -2.15. The molecule has 0 amide bonds. The van der Waals surface area contributed by atoms with Crippen LogP contribution in [-0.4, -0.2) is 24.6 Å². The third-order valence-corrected chi connectivity index (χ3v) is 2.68. The number of hydrogen-bond donors (Lipinski definition) is 0. The van der Waals surface area contributed by atoms with Crippen molar-refractivity contribution in [2.75, 3.05) is 6.61 Å². The Morgan fingerprint density at radius 3 is 2.11 bits per heavy atom. The molecule has 0 aliphatic heterocycles. The van der Waals surface area contributed by atoms with E-state index in [0.717, 1.165) is 19.3 Å². The molecule has 0 aliphatic rings. The molecule has 1 unspecified atom stereocenters. The van der Waals surface area contributed by atoms with Crippen LogP contribution in [0.15, 0.2) is 0 Å². The summed E-state index contributed by atoms with van der Waals surface area (Å²) in [7, 11) is 0. The first-order chi connectivity index (χ1) is 8.63. The van der Waals surface area contributed by atoms with Gasteiger partial charge >= 0.3 is 11.9 Å². The van der Waals surface area contributed by atoms with Gasteiger partial charge in [0.25, 0.3) is 0 Å². The molecule has 4 heteroatoms.